The van der Waals surface area contributed by atoms with Crippen molar-refractivity contribution in [1.82, 2.24) is 9.97 Å². The van der Waals surface area contributed by atoms with E-state index in [0.29, 0.717) is 0 Å². The normalized spacial score (nSPS) is 9.83. The second-order valence-electron chi connectivity index (χ2n) is 2.65. The van der Waals surface area contributed by atoms with Crippen molar-refractivity contribution in [1.29, 1.82) is 0 Å². The van der Waals surface area contributed by atoms with E-state index in [1.54, 1.807) is 6.20 Å². The molecule has 0 fully saturated rings. The Morgan fingerprint density at radius 2 is 2.25 bits per heavy atom. The molecule has 0 amide bonds. The second kappa shape index (κ2) is 4.70. The highest BCUT2D eigenvalue weighted by Crippen LogP contribution is 2.00. The summed E-state index contributed by atoms with van der Waals surface area (Å²) in [5.74, 6) is 0.746. The third-order valence-corrected chi connectivity index (χ3v) is 1.61. The van der Waals surface area contributed by atoms with Gasteiger partial charge in [-0.2, -0.15) is 0 Å². The van der Waals surface area contributed by atoms with Gasteiger partial charge in [0.15, 0.2) is 0 Å². The van der Waals surface area contributed by atoms with Crippen LogP contribution in [0, 0.1) is 0 Å². The van der Waals surface area contributed by atoms with Crippen molar-refractivity contribution in [2.24, 2.45) is 0 Å². The molecule has 66 valence electrons. The van der Waals surface area contributed by atoms with Gasteiger partial charge in [-0.1, -0.05) is 13.8 Å². The predicted octanol–water partition coefficient (Wildman–Crippen LogP) is 1.86. The van der Waals surface area contributed by atoms with Crippen LogP contribution in [-0.4, -0.2) is 16.5 Å². The van der Waals surface area contributed by atoms with E-state index in [2.05, 4.69) is 29.1 Å². The first-order valence-corrected chi connectivity index (χ1v) is 4.42. The van der Waals surface area contributed by atoms with E-state index >= 15 is 0 Å². The van der Waals surface area contributed by atoms with Crippen molar-refractivity contribution in [2.75, 3.05) is 11.9 Å². The number of hydrogen-bond acceptors (Lipinski definition) is 3. The predicted molar refractivity (Wildman–Crippen MR) is 50.2 cm³/mol. The molecule has 1 rings (SSSR count). The van der Waals surface area contributed by atoms with Crippen molar-refractivity contribution in [3.8, 4) is 0 Å². The van der Waals surface area contributed by atoms with E-state index < -0.39 is 0 Å². The van der Waals surface area contributed by atoms with Crippen molar-refractivity contribution in [3.63, 3.8) is 0 Å². The minimum absolute atomic E-state index is 0.746. The fourth-order valence-electron chi connectivity index (χ4n) is 0.915. The van der Waals surface area contributed by atoms with E-state index in [9.17, 15) is 0 Å². The Hall–Kier alpha value is -1.12. The van der Waals surface area contributed by atoms with E-state index in [4.69, 9.17) is 0 Å². The standard InChI is InChI=1S/C9H15N3/c1-3-6-10-9-11-7-5-8(4-2)12-9/h5,7H,3-4,6H2,1-2H3,(H,10,11,12). The molecule has 1 N–H and O–H groups in total. The van der Waals surface area contributed by atoms with Gasteiger partial charge in [-0.15, -0.1) is 0 Å². The van der Waals surface area contributed by atoms with E-state index in [1.807, 2.05) is 6.07 Å². The van der Waals surface area contributed by atoms with E-state index in [1.165, 1.54) is 0 Å². The molecule has 0 unspecified atom stereocenters. The van der Waals surface area contributed by atoms with Crippen LogP contribution >= 0.6 is 0 Å². The molecule has 0 aromatic carbocycles. The van der Waals surface area contributed by atoms with Gasteiger partial charge in [-0.25, -0.2) is 9.97 Å². The molecule has 0 bridgehead atoms. The van der Waals surface area contributed by atoms with Gasteiger partial charge in [0.2, 0.25) is 5.95 Å². The minimum atomic E-state index is 0.746. The highest BCUT2D eigenvalue weighted by molar-refractivity contribution is 5.24. The average Bonchev–Trinajstić information content (AvgIpc) is 2.15. The van der Waals surface area contributed by atoms with Crippen molar-refractivity contribution in [3.05, 3.63) is 18.0 Å². The first-order valence-electron chi connectivity index (χ1n) is 4.42. The van der Waals surface area contributed by atoms with Gasteiger partial charge in [-0.3, -0.25) is 0 Å². The molecule has 0 aliphatic rings. The van der Waals surface area contributed by atoms with Gasteiger partial charge >= 0.3 is 0 Å². The van der Waals surface area contributed by atoms with Gasteiger partial charge in [0, 0.05) is 18.4 Å². The Balaban J connectivity index is 2.60. The molecule has 1 heterocycles. The lowest BCUT2D eigenvalue weighted by atomic mass is 10.3. The van der Waals surface area contributed by atoms with Crippen LogP contribution in [0.3, 0.4) is 0 Å². The van der Waals surface area contributed by atoms with Gasteiger partial charge in [0.1, 0.15) is 0 Å². The molecule has 0 saturated heterocycles. The average molecular weight is 165 g/mol. The molecule has 0 aliphatic carbocycles. The summed E-state index contributed by atoms with van der Waals surface area (Å²) in [7, 11) is 0. The van der Waals surface area contributed by atoms with Crippen molar-refractivity contribution in [2.45, 2.75) is 26.7 Å². The summed E-state index contributed by atoms with van der Waals surface area (Å²) in [6, 6.07) is 1.94. The lowest BCUT2D eigenvalue weighted by Gasteiger charge is -2.02. The topological polar surface area (TPSA) is 37.8 Å². The van der Waals surface area contributed by atoms with Crippen molar-refractivity contribution >= 4 is 5.95 Å². The summed E-state index contributed by atoms with van der Waals surface area (Å²) in [5, 5.41) is 3.15. The Bertz CT molecular complexity index is 235. The molecule has 3 nitrogen and oxygen atoms in total. The van der Waals surface area contributed by atoms with E-state index in [0.717, 1.165) is 31.0 Å². The maximum absolute atomic E-state index is 4.31. The largest absolute Gasteiger partial charge is 0.354 e. The third-order valence-electron chi connectivity index (χ3n) is 1.61. The molecule has 0 radical (unpaired) electrons. The summed E-state index contributed by atoms with van der Waals surface area (Å²) in [4.78, 5) is 8.41. The van der Waals surface area contributed by atoms with Gasteiger partial charge in [-0.05, 0) is 18.9 Å². The Morgan fingerprint density at radius 1 is 1.42 bits per heavy atom. The number of hydrogen-bond donors (Lipinski definition) is 1. The zero-order valence-electron chi connectivity index (χ0n) is 7.67. The highest BCUT2D eigenvalue weighted by atomic mass is 15.1. The zero-order chi connectivity index (χ0) is 8.81. The number of rotatable bonds is 4. The third kappa shape index (κ3) is 2.49. The smallest absolute Gasteiger partial charge is 0.222 e. The summed E-state index contributed by atoms with van der Waals surface area (Å²) >= 11 is 0. The minimum Gasteiger partial charge on any atom is -0.354 e. The fourth-order valence-corrected chi connectivity index (χ4v) is 0.915. The summed E-state index contributed by atoms with van der Waals surface area (Å²) < 4.78 is 0. The summed E-state index contributed by atoms with van der Waals surface area (Å²) in [6.45, 7) is 5.15. The molecule has 1 aromatic rings. The fraction of sp³-hybridized carbons (Fsp3) is 0.556. The number of anilines is 1. The van der Waals surface area contributed by atoms with Crippen LogP contribution in [-0.2, 0) is 6.42 Å². The van der Waals surface area contributed by atoms with Gasteiger partial charge < -0.3 is 5.32 Å². The number of aromatic nitrogens is 2. The lowest BCUT2D eigenvalue weighted by Crippen LogP contribution is -2.04. The molecular weight excluding hydrogens is 150 g/mol. The maximum Gasteiger partial charge on any atom is 0.222 e. The quantitative estimate of drug-likeness (QED) is 0.740. The Morgan fingerprint density at radius 3 is 2.92 bits per heavy atom. The summed E-state index contributed by atoms with van der Waals surface area (Å²) in [5.41, 5.74) is 1.09. The molecule has 0 aliphatic heterocycles. The van der Waals surface area contributed by atoms with Crippen molar-refractivity contribution < 1.29 is 0 Å². The number of nitrogens with zero attached hydrogens (tertiary/aromatic N) is 2. The van der Waals surface area contributed by atoms with Crippen LogP contribution in [0.4, 0.5) is 5.95 Å². The molecule has 12 heavy (non-hydrogen) atoms. The van der Waals surface area contributed by atoms with Gasteiger partial charge in [0.25, 0.3) is 0 Å². The molecule has 0 atom stereocenters. The van der Waals surface area contributed by atoms with Gasteiger partial charge in [0.05, 0.1) is 0 Å². The highest BCUT2D eigenvalue weighted by Gasteiger charge is 1.94. The first-order chi connectivity index (χ1) is 5.86. The second-order valence-corrected chi connectivity index (χ2v) is 2.65. The molecule has 1 aromatic heterocycles. The van der Waals surface area contributed by atoms with Crippen LogP contribution in [0.15, 0.2) is 12.3 Å². The van der Waals surface area contributed by atoms with E-state index in [-0.39, 0.29) is 0 Å². The number of nitrogens with one attached hydrogen (secondary N) is 1. The molecular formula is C9H15N3. The lowest BCUT2D eigenvalue weighted by molar-refractivity contribution is 0.931. The van der Waals surface area contributed by atoms with Crippen LogP contribution in [0.25, 0.3) is 0 Å². The Labute approximate surface area is 73.2 Å². The van der Waals surface area contributed by atoms with Crippen LogP contribution in [0.5, 0.6) is 0 Å². The SMILES string of the molecule is CCCNc1nccc(CC)n1. The molecule has 0 saturated carbocycles. The number of aryl methyl sites for hydroxylation is 1. The maximum atomic E-state index is 4.31. The molecule has 0 spiro atoms. The summed E-state index contributed by atoms with van der Waals surface area (Å²) in [6.07, 6.45) is 3.85. The monoisotopic (exact) mass is 165 g/mol. The molecule has 3 heteroatoms. The van der Waals surface area contributed by atoms with Crippen LogP contribution in [0.1, 0.15) is 26.0 Å². The first kappa shape index (κ1) is 8.97. The zero-order valence-corrected chi connectivity index (χ0v) is 7.67. The van der Waals surface area contributed by atoms with Crippen LogP contribution < -0.4 is 5.32 Å². The van der Waals surface area contributed by atoms with Crippen LogP contribution in [0.2, 0.25) is 0 Å². The Kier molecular flexibility index (Phi) is 3.51.